The molecular formula is C10H10N2O2. The van der Waals surface area contributed by atoms with Crippen LogP contribution >= 0.6 is 0 Å². The van der Waals surface area contributed by atoms with Crippen molar-refractivity contribution < 1.29 is 9.53 Å². The highest BCUT2D eigenvalue weighted by Crippen LogP contribution is 2.17. The van der Waals surface area contributed by atoms with E-state index < -0.39 is 0 Å². The van der Waals surface area contributed by atoms with Crippen molar-refractivity contribution in [2.45, 2.75) is 6.61 Å². The van der Waals surface area contributed by atoms with Crippen molar-refractivity contribution in [2.24, 2.45) is 7.05 Å². The molecule has 1 aromatic carbocycles. The van der Waals surface area contributed by atoms with Crippen molar-refractivity contribution in [3.63, 3.8) is 0 Å². The highest BCUT2D eigenvalue weighted by Gasteiger charge is 2.06. The average molecular weight is 190 g/mol. The Morgan fingerprint density at radius 3 is 3.07 bits per heavy atom. The Hall–Kier alpha value is -1.84. The molecule has 0 fully saturated rings. The first-order valence-corrected chi connectivity index (χ1v) is 4.29. The number of aryl methyl sites for hydroxylation is 1. The number of aromatic nitrogens is 2. The predicted molar refractivity (Wildman–Crippen MR) is 51.6 cm³/mol. The zero-order valence-corrected chi connectivity index (χ0v) is 7.80. The maximum absolute atomic E-state index is 10.1. The number of ether oxygens (including phenoxy) is 1. The fourth-order valence-electron chi connectivity index (χ4n) is 1.51. The fourth-order valence-corrected chi connectivity index (χ4v) is 1.51. The Morgan fingerprint density at radius 2 is 2.29 bits per heavy atom. The monoisotopic (exact) mass is 190 g/mol. The van der Waals surface area contributed by atoms with Crippen molar-refractivity contribution in [3.8, 4) is 0 Å². The molecule has 4 heteroatoms. The maximum Gasteiger partial charge on any atom is 0.293 e. The first-order valence-electron chi connectivity index (χ1n) is 4.29. The van der Waals surface area contributed by atoms with Gasteiger partial charge in [-0.25, -0.2) is 0 Å². The van der Waals surface area contributed by atoms with Gasteiger partial charge in [0.2, 0.25) is 0 Å². The summed E-state index contributed by atoms with van der Waals surface area (Å²) in [7, 11) is 1.87. The zero-order chi connectivity index (χ0) is 9.97. The van der Waals surface area contributed by atoms with Crippen LogP contribution in [0.15, 0.2) is 24.3 Å². The molecule has 14 heavy (non-hydrogen) atoms. The average Bonchev–Trinajstić information content (AvgIpc) is 2.54. The number of benzene rings is 1. The molecule has 2 aromatic rings. The predicted octanol–water partition coefficient (Wildman–Crippen LogP) is 1.25. The summed E-state index contributed by atoms with van der Waals surface area (Å²) in [6.07, 6.45) is 0. The number of hydrogen-bond donors (Lipinski definition) is 0. The molecule has 0 spiro atoms. The lowest BCUT2D eigenvalue weighted by Crippen LogP contribution is -1.94. The van der Waals surface area contributed by atoms with Crippen molar-refractivity contribution in [1.82, 2.24) is 9.78 Å². The smallest absolute Gasteiger partial charge is 0.293 e. The summed E-state index contributed by atoms with van der Waals surface area (Å²) >= 11 is 0. The summed E-state index contributed by atoms with van der Waals surface area (Å²) in [5, 5.41) is 5.28. The number of para-hydroxylation sites is 1. The van der Waals surface area contributed by atoms with E-state index in [0.29, 0.717) is 6.47 Å². The summed E-state index contributed by atoms with van der Waals surface area (Å²) in [5.74, 6) is 0. The molecule has 0 unspecified atom stereocenters. The SMILES string of the molecule is Cn1nc(COC=O)c2ccccc21. The highest BCUT2D eigenvalue weighted by atomic mass is 16.5. The van der Waals surface area contributed by atoms with E-state index in [4.69, 9.17) is 0 Å². The van der Waals surface area contributed by atoms with Crippen LogP contribution in [-0.4, -0.2) is 16.3 Å². The van der Waals surface area contributed by atoms with E-state index in [0.717, 1.165) is 16.6 Å². The van der Waals surface area contributed by atoms with E-state index in [9.17, 15) is 4.79 Å². The lowest BCUT2D eigenvalue weighted by molar-refractivity contribution is -0.129. The Morgan fingerprint density at radius 1 is 1.50 bits per heavy atom. The van der Waals surface area contributed by atoms with Crippen molar-refractivity contribution in [2.75, 3.05) is 0 Å². The Kier molecular flexibility index (Phi) is 2.18. The van der Waals surface area contributed by atoms with Crippen molar-refractivity contribution >= 4 is 17.4 Å². The quantitative estimate of drug-likeness (QED) is 0.684. The summed E-state index contributed by atoms with van der Waals surface area (Å²) in [4.78, 5) is 10.1. The Balaban J connectivity index is 2.49. The molecule has 1 heterocycles. The first-order chi connectivity index (χ1) is 6.83. The number of nitrogens with zero attached hydrogens (tertiary/aromatic N) is 2. The van der Waals surface area contributed by atoms with Gasteiger partial charge in [-0.1, -0.05) is 18.2 Å². The second kappa shape index (κ2) is 3.49. The van der Waals surface area contributed by atoms with Crippen LogP contribution in [-0.2, 0) is 23.2 Å². The minimum atomic E-state index is 0.227. The third-order valence-corrected chi connectivity index (χ3v) is 2.12. The largest absolute Gasteiger partial charge is 0.461 e. The number of carbonyl (C=O) groups is 1. The number of rotatable bonds is 3. The van der Waals surface area contributed by atoms with E-state index in [1.165, 1.54) is 0 Å². The van der Waals surface area contributed by atoms with Crippen LogP contribution in [0.5, 0.6) is 0 Å². The van der Waals surface area contributed by atoms with Crippen LogP contribution in [0.1, 0.15) is 5.69 Å². The van der Waals surface area contributed by atoms with Crippen LogP contribution in [0.25, 0.3) is 10.9 Å². The van der Waals surface area contributed by atoms with Gasteiger partial charge >= 0.3 is 0 Å². The number of carbonyl (C=O) groups excluding carboxylic acids is 1. The van der Waals surface area contributed by atoms with Gasteiger partial charge in [0.15, 0.2) is 0 Å². The second-order valence-corrected chi connectivity index (χ2v) is 2.99. The fraction of sp³-hybridized carbons (Fsp3) is 0.200. The van der Waals surface area contributed by atoms with E-state index in [1.54, 1.807) is 4.68 Å². The highest BCUT2D eigenvalue weighted by molar-refractivity contribution is 5.81. The van der Waals surface area contributed by atoms with Gasteiger partial charge in [0.1, 0.15) is 12.3 Å². The third-order valence-electron chi connectivity index (χ3n) is 2.12. The van der Waals surface area contributed by atoms with Gasteiger partial charge in [0.05, 0.1) is 5.52 Å². The summed E-state index contributed by atoms with van der Waals surface area (Å²) in [6.45, 7) is 0.661. The van der Waals surface area contributed by atoms with Gasteiger partial charge < -0.3 is 4.74 Å². The Bertz CT molecular complexity index is 462. The molecule has 0 saturated heterocycles. The number of fused-ring (bicyclic) bond motifs is 1. The molecule has 0 N–H and O–H groups in total. The summed E-state index contributed by atoms with van der Waals surface area (Å²) in [6, 6.07) is 7.83. The molecule has 0 bridgehead atoms. The lowest BCUT2D eigenvalue weighted by atomic mass is 10.2. The molecule has 0 aliphatic heterocycles. The maximum atomic E-state index is 10.1. The molecule has 0 aliphatic rings. The standard InChI is InChI=1S/C10H10N2O2/c1-12-10-5-3-2-4-8(10)9(11-12)6-14-7-13/h2-5,7H,6H2,1H3. The molecule has 2 rings (SSSR count). The van der Waals surface area contributed by atoms with Gasteiger partial charge in [-0.15, -0.1) is 0 Å². The normalized spacial score (nSPS) is 10.4. The van der Waals surface area contributed by atoms with Gasteiger partial charge in [0.25, 0.3) is 6.47 Å². The van der Waals surface area contributed by atoms with E-state index in [-0.39, 0.29) is 6.61 Å². The van der Waals surface area contributed by atoms with Gasteiger partial charge in [-0.05, 0) is 6.07 Å². The van der Waals surface area contributed by atoms with Crippen LogP contribution in [0, 0.1) is 0 Å². The minimum absolute atomic E-state index is 0.227. The molecule has 0 saturated carbocycles. The topological polar surface area (TPSA) is 44.1 Å². The number of hydrogen-bond acceptors (Lipinski definition) is 3. The molecule has 0 aliphatic carbocycles. The molecule has 4 nitrogen and oxygen atoms in total. The van der Waals surface area contributed by atoms with E-state index in [1.807, 2.05) is 31.3 Å². The molecule has 0 amide bonds. The van der Waals surface area contributed by atoms with Crippen molar-refractivity contribution in [1.29, 1.82) is 0 Å². The minimum Gasteiger partial charge on any atom is -0.461 e. The molecule has 0 radical (unpaired) electrons. The van der Waals surface area contributed by atoms with Crippen molar-refractivity contribution in [3.05, 3.63) is 30.0 Å². The first kappa shape index (κ1) is 8.74. The third kappa shape index (κ3) is 1.35. The van der Waals surface area contributed by atoms with E-state index in [2.05, 4.69) is 9.84 Å². The van der Waals surface area contributed by atoms with Gasteiger partial charge in [-0.2, -0.15) is 5.10 Å². The lowest BCUT2D eigenvalue weighted by Gasteiger charge is -1.93. The summed E-state index contributed by atoms with van der Waals surface area (Å²) in [5.41, 5.74) is 1.83. The molecule has 72 valence electrons. The molecule has 1 aromatic heterocycles. The Labute approximate surface area is 81.1 Å². The van der Waals surface area contributed by atoms with Crippen LogP contribution in [0.2, 0.25) is 0 Å². The van der Waals surface area contributed by atoms with Gasteiger partial charge in [0, 0.05) is 12.4 Å². The van der Waals surface area contributed by atoms with Crippen LogP contribution in [0.4, 0.5) is 0 Å². The molecular weight excluding hydrogens is 180 g/mol. The van der Waals surface area contributed by atoms with Crippen LogP contribution in [0.3, 0.4) is 0 Å². The van der Waals surface area contributed by atoms with E-state index >= 15 is 0 Å². The second-order valence-electron chi connectivity index (χ2n) is 2.99. The molecule has 0 atom stereocenters. The van der Waals surface area contributed by atoms with Crippen LogP contribution < -0.4 is 0 Å². The zero-order valence-electron chi connectivity index (χ0n) is 7.80. The summed E-state index contributed by atoms with van der Waals surface area (Å²) < 4.78 is 6.46. The van der Waals surface area contributed by atoms with Gasteiger partial charge in [-0.3, -0.25) is 9.48 Å².